The van der Waals surface area contributed by atoms with Gasteiger partial charge in [0.05, 0.1) is 13.3 Å². The Morgan fingerprint density at radius 1 is 1.40 bits per heavy atom. The van der Waals surface area contributed by atoms with Crippen molar-refractivity contribution in [3.05, 3.63) is 66.2 Å². The molecule has 0 unspecified atom stereocenters. The van der Waals surface area contributed by atoms with Crippen molar-refractivity contribution >= 4 is 17.3 Å². The van der Waals surface area contributed by atoms with Crippen molar-refractivity contribution in [2.75, 3.05) is 7.11 Å². The maximum absolute atomic E-state index is 12.1. The van der Waals surface area contributed by atoms with Gasteiger partial charge in [-0.3, -0.25) is 9.48 Å². The highest BCUT2D eigenvalue weighted by Gasteiger charge is 2.12. The lowest BCUT2D eigenvalue weighted by atomic mass is 10.1. The molecule has 1 N–H and O–H groups in total. The van der Waals surface area contributed by atoms with Crippen molar-refractivity contribution in [2.24, 2.45) is 12.0 Å². The molecule has 0 spiro atoms. The molecule has 25 heavy (non-hydrogen) atoms. The predicted octanol–water partition coefficient (Wildman–Crippen LogP) is 2.07. The number of hydrogen-bond donors (Lipinski definition) is 1. The van der Waals surface area contributed by atoms with Crippen LogP contribution < -0.4 is 5.32 Å². The number of carbonyl (C=O) groups excluding carboxylic acids is 1. The zero-order valence-electron chi connectivity index (χ0n) is 13.8. The fourth-order valence-electron chi connectivity index (χ4n) is 2.18. The highest BCUT2D eigenvalue weighted by atomic mass is 16.5. The normalized spacial score (nSPS) is 16.6. The van der Waals surface area contributed by atoms with Crippen LogP contribution in [0, 0.1) is 0 Å². The van der Waals surface area contributed by atoms with Gasteiger partial charge in [0.15, 0.2) is 5.69 Å². The standard InChI is InChI=1S/C17H17N5O3/c1-22-11-13(10-19-22)12-3-4-14(24-2)5-6-16(18-9-12)20-17(23)15-7-8-25-21-15/h3-5,7-11H,6H2,1-2H3,(H,18,20,23)/b4-3?,12-9+,14-5?. The van der Waals surface area contributed by atoms with E-state index in [9.17, 15) is 4.79 Å². The van der Waals surface area contributed by atoms with E-state index in [0.29, 0.717) is 18.0 Å². The van der Waals surface area contributed by atoms with Gasteiger partial charge in [0, 0.05) is 43.1 Å². The molecule has 0 fully saturated rings. The molecular weight excluding hydrogens is 322 g/mol. The van der Waals surface area contributed by atoms with Gasteiger partial charge in [0.2, 0.25) is 0 Å². The summed E-state index contributed by atoms with van der Waals surface area (Å²) >= 11 is 0. The van der Waals surface area contributed by atoms with Crippen molar-refractivity contribution in [3.8, 4) is 0 Å². The molecular formula is C17H17N5O3. The van der Waals surface area contributed by atoms with Gasteiger partial charge < -0.3 is 14.6 Å². The van der Waals surface area contributed by atoms with E-state index >= 15 is 0 Å². The molecule has 0 bridgehead atoms. The number of aromatic nitrogens is 3. The van der Waals surface area contributed by atoms with E-state index in [2.05, 4.69) is 25.1 Å². The number of nitrogens with one attached hydrogen (secondary N) is 1. The molecule has 0 aliphatic carbocycles. The minimum atomic E-state index is -0.386. The molecule has 1 aliphatic rings. The molecule has 8 heteroatoms. The maximum Gasteiger partial charge on any atom is 0.278 e. The van der Waals surface area contributed by atoms with Gasteiger partial charge in [-0.1, -0.05) is 5.16 Å². The molecule has 0 atom stereocenters. The Labute approximate surface area is 144 Å². The van der Waals surface area contributed by atoms with Crippen LogP contribution in [0.2, 0.25) is 0 Å². The first-order valence-corrected chi connectivity index (χ1v) is 7.55. The van der Waals surface area contributed by atoms with Gasteiger partial charge in [-0.2, -0.15) is 5.10 Å². The van der Waals surface area contributed by atoms with E-state index < -0.39 is 0 Å². The summed E-state index contributed by atoms with van der Waals surface area (Å²) in [6, 6.07) is 1.49. The molecule has 8 nitrogen and oxygen atoms in total. The van der Waals surface area contributed by atoms with Gasteiger partial charge in [-0.15, -0.1) is 0 Å². The first-order chi connectivity index (χ1) is 12.2. The molecule has 1 aliphatic heterocycles. The van der Waals surface area contributed by atoms with Crippen LogP contribution in [0.5, 0.6) is 0 Å². The Hall–Kier alpha value is -3.42. The van der Waals surface area contributed by atoms with Crippen molar-refractivity contribution in [1.29, 1.82) is 0 Å². The lowest BCUT2D eigenvalue weighted by Crippen LogP contribution is -2.30. The molecule has 2 aromatic rings. The van der Waals surface area contributed by atoms with Gasteiger partial charge in [-0.25, -0.2) is 4.99 Å². The molecule has 0 saturated heterocycles. The number of hydrogen-bond acceptors (Lipinski definition) is 6. The lowest BCUT2D eigenvalue weighted by Gasteiger charge is -2.05. The molecule has 3 heterocycles. The monoisotopic (exact) mass is 339 g/mol. The van der Waals surface area contributed by atoms with Gasteiger partial charge in [0.1, 0.15) is 17.9 Å². The van der Waals surface area contributed by atoms with Crippen molar-refractivity contribution in [2.45, 2.75) is 6.42 Å². The first-order valence-electron chi connectivity index (χ1n) is 7.55. The Balaban J connectivity index is 1.90. The second kappa shape index (κ2) is 7.43. The smallest absolute Gasteiger partial charge is 0.278 e. The number of rotatable bonds is 3. The number of nitrogens with zero attached hydrogens (tertiary/aromatic N) is 4. The highest BCUT2D eigenvalue weighted by molar-refractivity contribution is 6.06. The van der Waals surface area contributed by atoms with Crippen molar-refractivity contribution in [1.82, 2.24) is 20.3 Å². The topological polar surface area (TPSA) is 94.5 Å². The van der Waals surface area contributed by atoms with E-state index in [1.165, 1.54) is 12.3 Å². The number of aliphatic imine (C=N–C) groups is 1. The average Bonchev–Trinajstić information content (AvgIpc) is 3.28. The average molecular weight is 339 g/mol. The summed E-state index contributed by atoms with van der Waals surface area (Å²) in [6.45, 7) is 0. The molecule has 128 valence electrons. The van der Waals surface area contributed by atoms with Crippen molar-refractivity contribution in [3.63, 3.8) is 0 Å². The fourth-order valence-corrected chi connectivity index (χ4v) is 2.18. The van der Waals surface area contributed by atoms with Crippen LogP contribution in [0.4, 0.5) is 0 Å². The van der Waals surface area contributed by atoms with Crippen LogP contribution in [0.15, 0.2) is 64.4 Å². The van der Waals surface area contributed by atoms with E-state index in [0.717, 1.165) is 11.1 Å². The summed E-state index contributed by atoms with van der Waals surface area (Å²) in [7, 11) is 3.43. The first kappa shape index (κ1) is 16.4. The summed E-state index contributed by atoms with van der Waals surface area (Å²) in [5.74, 6) is 0.746. The summed E-state index contributed by atoms with van der Waals surface area (Å²) in [6.07, 6.45) is 12.6. The maximum atomic E-state index is 12.1. The summed E-state index contributed by atoms with van der Waals surface area (Å²) in [4.78, 5) is 16.6. The number of ether oxygens (including phenoxy) is 1. The van der Waals surface area contributed by atoms with Crippen LogP contribution in [-0.2, 0) is 11.8 Å². The van der Waals surface area contributed by atoms with E-state index in [1.54, 1.807) is 24.2 Å². The van der Waals surface area contributed by atoms with Crippen LogP contribution in [0.25, 0.3) is 5.57 Å². The number of aryl methyl sites for hydroxylation is 1. The van der Waals surface area contributed by atoms with E-state index in [4.69, 9.17) is 4.74 Å². The fraction of sp³-hybridized carbons (Fsp3) is 0.176. The number of carbonyl (C=O) groups is 1. The van der Waals surface area contributed by atoms with Crippen LogP contribution in [-0.4, -0.2) is 33.8 Å². The molecule has 0 saturated carbocycles. The minimum Gasteiger partial charge on any atom is -0.497 e. The SMILES string of the molecule is COC1=CCC(NC(=O)c2ccon2)=N/C=C(/c2cnn(C)c2)C=C1. The quantitative estimate of drug-likeness (QED) is 0.924. The third-order valence-electron chi connectivity index (χ3n) is 3.49. The summed E-state index contributed by atoms with van der Waals surface area (Å²) in [5.41, 5.74) is 1.93. The lowest BCUT2D eigenvalue weighted by molar-refractivity contribution is 0.0967. The molecule has 3 rings (SSSR count). The number of amidine groups is 1. The van der Waals surface area contributed by atoms with E-state index in [-0.39, 0.29) is 11.6 Å². The molecule has 0 aromatic carbocycles. The summed E-state index contributed by atoms with van der Waals surface area (Å²) in [5, 5.41) is 10.5. The molecule has 1 amide bonds. The highest BCUT2D eigenvalue weighted by Crippen LogP contribution is 2.18. The van der Waals surface area contributed by atoms with Gasteiger partial charge in [-0.05, 0) is 18.2 Å². The third kappa shape index (κ3) is 4.11. The Kier molecular flexibility index (Phi) is 4.89. The summed E-state index contributed by atoms with van der Waals surface area (Å²) < 4.78 is 11.7. The Morgan fingerprint density at radius 2 is 2.28 bits per heavy atom. The van der Waals surface area contributed by atoms with Gasteiger partial charge in [0.25, 0.3) is 5.91 Å². The Bertz CT molecular complexity index is 872. The Morgan fingerprint density at radius 3 is 2.96 bits per heavy atom. The minimum absolute atomic E-state index is 0.188. The zero-order chi connectivity index (χ0) is 17.6. The largest absolute Gasteiger partial charge is 0.497 e. The van der Waals surface area contributed by atoms with Crippen molar-refractivity contribution < 1.29 is 14.1 Å². The second-order valence-corrected chi connectivity index (χ2v) is 5.25. The number of allylic oxidation sites excluding steroid dienone is 3. The molecule has 0 radical (unpaired) electrons. The van der Waals surface area contributed by atoms with Crippen LogP contribution >= 0.6 is 0 Å². The number of methoxy groups -OCH3 is 1. The number of amides is 1. The predicted molar refractivity (Wildman–Crippen MR) is 91.4 cm³/mol. The zero-order valence-corrected chi connectivity index (χ0v) is 13.8. The third-order valence-corrected chi connectivity index (χ3v) is 3.49. The van der Waals surface area contributed by atoms with Crippen LogP contribution in [0.3, 0.4) is 0 Å². The molecule has 2 aromatic heterocycles. The van der Waals surface area contributed by atoms with E-state index in [1.807, 2.05) is 31.5 Å². The second-order valence-electron chi connectivity index (χ2n) is 5.25. The van der Waals surface area contributed by atoms with Gasteiger partial charge >= 0.3 is 0 Å². The van der Waals surface area contributed by atoms with Crippen LogP contribution in [0.1, 0.15) is 22.5 Å².